The maximum Gasteiger partial charge on any atom is 0.0313 e. The van der Waals surface area contributed by atoms with E-state index in [2.05, 4.69) is 57.0 Å². The van der Waals surface area contributed by atoms with Gasteiger partial charge in [-0.25, -0.2) is 0 Å². The Hall–Kier alpha value is 0.140. The lowest BCUT2D eigenvalue weighted by Crippen LogP contribution is -1.85. The zero-order valence-electron chi connectivity index (χ0n) is 10.1. The Morgan fingerprint density at radius 2 is 1.88 bits per heavy atom. The number of thiophene rings is 1. The van der Waals surface area contributed by atoms with E-state index >= 15 is 0 Å². The van der Waals surface area contributed by atoms with Gasteiger partial charge in [0.2, 0.25) is 0 Å². The van der Waals surface area contributed by atoms with Crippen LogP contribution in [0.4, 0.5) is 0 Å². The quantitative estimate of drug-likeness (QED) is 0.469. The standard InChI is InChI=1S/C14H18Br2S/c1-2-3-4-5-6-12-11-13(7-9-15)17-14(12)8-10-16/h7-11H,2-6H2,1H3/b9-7-,10-8-. The van der Waals surface area contributed by atoms with Gasteiger partial charge in [-0.1, -0.05) is 58.0 Å². The predicted octanol–water partition coefficient (Wildman–Crippen LogP) is 6.60. The van der Waals surface area contributed by atoms with Crippen molar-refractivity contribution in [3.05, 3.63) is 31.4 Å². The van der Waals surface area contributed by atoms with Crippen LogP contribution in [0.15, 0.2) is 16.0 Å². The normalized spacial score (nSPS) is 11.9. The molecule has 0 N–H and O–H groups in total. The Labute approximate surface area is 125 Å². The Morgan fingerprint density at radius 3 is 2.53 bits per heavy atom. The molecule has 0 amide bonds. The van der Waals surface area contributed by atoms with Crippen molar-refractivity contribution < 1.29 is 0 Å². The van der Waals surface area contributed by atoms with Gasteiger partial charge in [0.1, 0.15) is 0 Å². The number of hydrogen-bond acceptors (Lipinski definition) is 1. The summed E-state index contributed by atoms with van der Waals surface area (Å²) in [4.78, 5) is 6.55. The molecule has 0 bridgehead atoms. The zero-order chi connectivity index (χ0) is 12.5. The Bertz CT molecular complexity index is 378. The first-order valence-electron chi connectivity index (χ1n) is 5.98. The fraction of sp³-hybridized carbons (Fsp3) is 0.429. The van der Waals surface area contributed by atoms with Crippen LogP contribution in [0.25, 0.3) is 12.2 Å². The summed E-state index contributed by atoms with van der Waals surface area (Å²) in [5, 5.41) is 0. The Morgan fingerprint density at radius 1 is 1.12 bits per heavy atom. The van der Waals surface area contributed by atoms with Crippen molar-refractivity contribution in [2.75, 3.05) is 0 Å². The summed E-state index contributed by atoms with van der Waals surface area (Å²) in [6.07, 6.45) is 10.7. The van der Waals surface area contributed by atoms with E-state index in [1.54, 1.807) is 0 Å². The number of halogens is 2. The Balaban J connectivity index is 2.67. The van der Waals surface area contributed by atoms with E-state index in [1.165, 1.54) is 47.4 Å². The SMILES string of the molecule is CCCCCCc1cc(/C=C\Br)sc1/C=C\Br. The molecule has 0 unspecified atom stereocenters. The van der Waals surface area contributed by atoms with Crippen molar-refractivity contribution >= 4 is 55.3 Å². The van der Waals surface area contributed by atoms with Crippen molar-refractivity contribution in [1.29, 1.82) is 0 Å². The van der Waals surface area contributed by atoms with Gasteiger partial charge in [0.25, 0.3) is 0 Å². The number of hydrogen-bond donors (Lipinski definition) is 0. The maximum atomic E-state index is 3.36. The van der Waals surface area contributed by atoms with E-state index in [4.69, 9.17) is 0 Å². The van der Waals surface area contributed by atoms with E-state index in [0.29, 0.717) is 0 Å². The molecule has 0 spiro atoms. The van der Waals surface area contributed by atoms with Crippen LogP contribution in [-0.2, 0) is 6.42 Å². The van der Waals surface area contributed by atoms with Crippen LogP contribution in [0.3, 0.4) is 0 Å². The molecule has 0 saturated carbocycles. The monoisotopic (exact) mass is 376 g/mol. The van der Waals surface area contributed by atoms with Gasteiger partial charge in [-0.2, -0.15) is 0 Å². The predicted molar refractivity (Wildman–Crippen MR) is 88.1 cm³/mol. The molecule has 0 aliphatic carbocycles. The molecular formula is C14H18Br2S. The van der Waals surface area contributed by atoms with E-state index in [1.807, 2.05) is 21.3 Å². The molecule has 3 heteroatoms. The molecule has 17 heavy (non-hydrogen) atoms. The summed E-state index contributed by atoms with van der Waals surface area (Å²) in [5.41, 5.74) is 1.47. The van der Waals surface area contributed by atoms with Crippen molar-refractivity contribution in [2.45, 2.75) is 39.0 Å². The third kappa shape index (κ3) is 5.54. The average Bonchev–Trinajstić information content (AvgIpc) is 2.68. The lowest BCUT2D eigenvalue weighted by molar-refractivity contribution is 0.667. The molecule has 1 rings (SSSR count). The van der Waals surface area contributed by atoms with Crippen LogP contribution in [0, 0.1) is 0 Å². The summed E-state index contributed by atoms with van der Waals surface area (Å²) in [7, 11) is 0. The summed E-state index contributed by atoms with van der Waals surface area (Å²) < 4.78 is 0. The van der Waals surface area contributed by atoms with Gasteiger partial charge in [-0.05, 0) is 46.6 Å². The van der Waals surface area contributed by atoms with Gasteiger partial charge in [-0.3, -0.25) is 0 Å². The fourth-order valence-corrected chi connectivity index (χ4v) is 3.66. The van der Waals surface area contributed by atoms with Crippen LogP contribution in [-0.4, -0.2) is 0 Å². The van der Waals surface area contributed by atoms with Gasteiger partial charge >= 0.3 is 0 Å². The second-order valence-electron chi connectivity index (χ2n) is 3.93. The van der Waals surface area contributed by atoms with Gasteiger partial charge in [0.15, 0.2) is 0 Å². The molecule has 0 saturated heterocycles. The molecule has 0 atom stereocenters. The smallest absolute Gasteiger partial charge is 0.0313 e. The molecule has 0 nitrogen and oxygen atoms in total. The van der Waals surface area contributed by atoms with Crippen molar-refractivity contribution in [3.8, 4) is 0 Å². The van der Waals surface area contributed by atoms with Crippen LogP contribution in [0.5, 0.6) is 0 Å². The second-order valence-corrected chi connectivity index (χ2v) is 6.11. The van der Waals surface area contributed by atoms with Crippen molar-refractivity contribution in [2.24, 2.45) is 0 Å². The molecule has 0 radical (unpaired) electrons. The molecule has 0 fully saturated rings. The molecule has 1 aromatic heterocycles. The topological polar surface area (TPSA) is 0 Å². The van der Waals surface area contributed by atoms with Crippen LogP contribution in [0.2, 0.25) is 0 Å². The first-order valence-corrected chi connectivity index (χ1v) is 8.62. The molecule has 1 heterocycles. The van der Waals surface area contributed by atoms with Crippen molar-refractivity contribution in [3.63, 3.8) is 0 Å². The molecule has 94 valence electrons. The number of unbranched alkanes of at least 4 members (excludes halogenated alkanes) is 3. The first-order chi connectivity index (χ1) is 8.31. The highest BCUT2D eigenvalue weighted by Crippen LogP contribution is 2.27. The summed E-state index contributed by atoms with van der Waals surface area (Å²) in [5.74, 6) is 0. The minimum Gasteiger partial charge on any atom is -0.136 e. The maximum absolute atomic E-state index is 3.36. The molecular weight excluding hydrogens is 360 g/mol. The lowest BCUT2D eigenvalue weighted by Gasteiger charge is -1.99. The molecule has 0 aromatic carbocycles. The van der Waals surface area contributed by atoms with Gasteiger partial charge < -0.3 is 0 Å². The highest BCUT2D eigenvalue weighted by Gasteiger charge is 2.05. The second kappa shape index (κ2) is 9.12. The van der Waals surface area contributed by atoms with Gasteiger partial charge in [0, 0.05) is 9.75 Å². The van der Waals surface area contributed by atoms with Crippen LogP contribution < -0.4 is 0 Å². The Kier molecular flexibility index (Phi) is 8.15. The minimum atomic E-state index is 1.19. The minimum absolute atomic E-state index is 1.19. The zero-order valence-corrected chi connectivity index (χ0v) is 14.1. The lowest BCUT2D eigenvalue weighted by atomic mass is 10.1. The molecule has 0 aliphatic rings. The molecule has 0 aliphatic heterocycles. The molecule has 1 aromatic rings. The largest absolute Gasteiger partial charge is 0.136 e. The van der Waals surface area contributed by atoms with E-state index < -0.39 is 0 Å². The van der Waals surface area contributed by atoms with E-state index in [0.717, 1.165) is 0 Å². The summed E-state index contributed by atoms with van der Waals surface area (Å²) >= 11 is 8.53. The van der Waals surface area contributed by atoms with Gasteiger partial charge in [0.05, 0.1) is 0 Å². The third-order valence-corrected chi connectivity index (χ3v) is 4.24. The number of aryl methyl sites for hydroxylation is 1. The first kappa shape index (κ1) is 15.2. The van der Waals surface area contributed by atoms with Gasteiger partial charge in [-0.15, -0.1) is 11.3 Å². The average molecular weight is 378 g/mol. The van der Waals surface area contributed by atoms with Crippen LogP contribution in [0.1, 0.15) is 47.9 Å². The highest BCUT2D eigenvalue weighted by molar-refractivity contribution is 9.11. The third-order valence-electron chi connectivity index (χ3n) is 2.60. The van der Waals surface area contributed by atoms with E-state index in [9.17, 15) is 0 Å². The van der Waals surface area contributed by atoms with Crippen molar-refractivity contribution in [1.82, 2.24) is 0 Å². The number of rotatable bonds is 7. The summed E-state index contributed by atoms with van der Waals surface area (Å²) in [6, 6.07) is 2.30. The van der Waals surface area contributed by atoms with E-state index in [-0.39, 0.29) is 0 Å². The highest BCUT2D eigenvalue weighted by atomic mass is 79.9. The fourth-order valence-electron chi connectivity index (χ4n) is 1.74. The summed E-state index contributed by atoms with van der Waals surface area (Å²) in [6.45, 7) is 2.25. The van der Waals surface area contributed by atoms with Crippen LogP contribution >= 0.6 is 43.2 Å².